The van der Waals surface area contributed by atoms with Gasteiger partial charge in [0.15, 0.2) is 0 Å². The SMILES string of the molecule is O=C(O)CCc1ccc(S(=O)(=O)Nc2cccc(OCc3ccccn3)c2)cc1. The third-order valence-corrected chi connectivity index (χ3v) is 5.46. The van der Waals surface area contributed by atoms with Gasteiger partial charge in [-0.25, -0.2) is 8.42 Å². The van der Waals surface area contributed by atoms with Crippen molar-refractivity contribution in [1.29, 1.82) is 0 Å². The van der Waals surface area contributed by atoms with Crippen molar-refractivity contribution in [1.82, 2.24) is 4.98 Å². The topological polar surface area (TPSA) is 106 Å². The molecule has 0 radical (unpaired) electrons. The van der Waals surface area contributed by atoms with Crippen LogP contribution in [0, 0.1) is 0 Å². The summed E-state index contributed by atoms with van der Waals surface area (Å²) in [6.07, 6.45) is 2.02. The Kier molecular flexibility index (Phi) is 6.46. The van der Waals surface area contributed by atoms with Gasteiger partial charge >= 0.3 is 5.97 Å². The van der Waals surface area contributed by atoms with Gasteiger partial charge in [-0.3, -0.25) is 14.5 Å². The molecular weight excluding hydrogens is 392 g/mol. The Hall–Kier alpha value is -3.39. The van der Waals surface area contributed by atoms with Gasteiger partial charge < -0.3 is 9.84 Å². The van der Waals surface area contributed by atoms with Crippen LogP contribution in [0.25, 0.3) is 0 Å². The molecule has 2 N–H and O–H groups in total. The smallest absolute Gasteiger partial charge is 0.303 e. The van der Waals surface area contributed by atoms with Crippen molar-refractivity contribution in [3.63, 3.8) is 0 Å². The quantitative estimate of drug-likeness (QED) is 0.557. The summed E-state index contributed by atoms with van der Waals surface area (Å²) in [5, 5.41) is 8.73. The molecule has 0 fully saturated rings. The van der Waals surface area contributed by atoms with Crippen molar-refractivity contribution < 1.29 is 23.1 Å². The van der Waals surface area contributed by atoms with Crippen LogP contribution in [0.5, 0.6) is 5.75 Å². The lowest BCUT2D eigenvalue weighted by Gasteiger charge is -2.11. The molecule has 8 heteroatoms. The number of aliphatic carboxylic acids is 1. The van der Waals surface area contributed by atoms with Crippen molar-refractivity contribution in [3.8, 4) is 5.75 Å². The van der Waals surface area contributed by atoms with Gasteiger partial charge in [0.05, 0.1) is 16.3 Å². The Labute approximate surface area is 169 Å². The number of pyridine rings is 1. The fourth-order valence-corrected chi connectivity index (χ4v) is 3.64. The molecule has 2 aromatic carbocycles. The number of rotatable bonds is 9. The first-order valence-electron chi connectivity index (χ1n) is 8.89. The van der Waals surface area contributed by atoms with Crippen LogP contribution >= 0.6 is 0 Å². The summed E-state index contributed by atoms with van der Waals surface area (Å²) in [6, 6.07) is 18.3. The van der Waals surface area contributed by atoms with E-state index in [2.05, 4.69) is 9.71 Å². The molecule has 0 amide bonds. The van der Waals surface area contributed by atoms with Gasteiger partial charge in [0.25, 0.3) is 10.0 Å². The molecule has 0 spiro atoms. The lowest BCUT2D eigenvalue weighted by molar-refractivity contribution is -0.136. The predicted octanol–water partition coefficient (Wildman–Crippen LogP) is 3.48. The molecule has 0 aliphatic heterocycles. The number of nitrogens with one attached hydrogen (secondary N) is 1. The van der Waals surface area contributed by atoms with Crippen molar-refractivity contribution in [3.05, 3.63) is 84.2 Å². The Morgan fingerprint density at radius 2 is 1.83 bits per heavy atom. The highest BCUT2D eigenvalue weighted by atomic mass is 32.2. The Balaban J connectivity index is 1.66. The van der Waals surface area contributed by atoms with Gasteiger partial charge in [0.1, 0.15) is 12.4 Å². The molecule has 0 aliphatic rings. The number of aromatic nitrogens is 1. The zero-order valence-corrected chi connectivity index (χ0v) is 16.3. The predicted molar refractivity (Wildman–Crippen MR) is 108 cm³/mol. The number of anilines is 1. The first kappa shape index (κ1) is 20.3. The van der Waals surface area contributed by atoms with E-state index in [1.807, 2.05) is 18.2 Å². The van der Waals surface area contributed by atoms with Crippen molar-refractivity contribution in [2.75, 3.05) is 4.72 Å². The van der Waals surface area contributed by atoms with E-state index in [0.717, 1.165) is 11.3 Å². The molecule has 1 aromatic heterocycles. The van der Waals surface area contributed by atoms with Crippen LogP contribution in [0.2, 0.25) is 0 Å². The third kappa shape index (κ3) is 6.05. The van der Waals surface area contributed by atoms with Gasteiger partial charge in [0, 0.05) is 18.7 Å². The van der Waals surface area contributed by atoms with Crippen LogP contribution in [0.4, 0.5) is 5.69 Å². The summed E-state index contributed by atoms with van der Waals surface area (Å²) in [6.45, 7) is 0.273. The molecule has 0 saturated carbocycles. The van der Waals surface area contributed by atoms with E-state index in [4.69, 9.17) is 9.84 Å². The first-order valence-corrected chi connectivity index (χ1v) is 10.4. The number of hydrogen-bond donors (Lipinski definition) is 2. The second-order valence-electron chi connectivity index (χ2n) is 6.28. The van der Waals surface area contributed by atoms with E-state index in [1.165, 1.54) is 12.1 Å². The highest BCUT2D eigenvalue weighted by Gasteiger charge is 2.14. The van der Waals surface area contributed by atoms with Crippen LogP contribution in [0.15, 0.2) is 77.8 Å². The van der Waals surface area contributed by atoms with Crippen LogP contribution in [-0.2, 0) is 27.8 Å². The minimum Gasteiger partial charge on any atom is -0.487 e. The second kappa shape index (κ2) is 9.20. The van der Waals surface area contributed by atoms with Crippen molar-refractivity contribution in [2.45, 2.75) is 24.3 Å². The normalized spacial score (nSPS) is 11.0. The monoisotopic (exact) mass is 412 g/mol. The Morgan fingerprint density at radius 1 is 1.03 bits per heavy atom. The molecule has 0 unspecified atom stereocenters. The lowest BCUT2D eigenvalue weighted by Crippen LogP contribution is -2.13. The van der Waals surface area contributed by atoms with Gasteiger partial charge in [-0.2, -0.15) is 0 Å². The lowest BCUT2D eigenvalue weighted by atomic mass is 10.1. The van der Waals surface area contributed by atoms with E-state index in [0.29, 0.717) is 17.9 Å². The van der Waals surface area contributed by atoms with Crippen molar-refractivity contribution >= 4 is 21.7 Å². The van der Waals surface area contributed by atoms with E-state index in [9.17, 15) is 13.2 Å². The number of carboxylic acid groups (broad SMARTS) is 1. The highest BCUT2D eigenvalue weighted by molar-refractivity contribution is 7.92. The molecule has 0 atom stereocenters. The van der Waals surface area contributed by atoms with Crippen LogP contribution in [0.3, 0.4) is 0 Å². The summed E-state index contributed by atoms with van der Waals surface area (Å²) in [5.74, 6) is -0.381. The Bertz CT molecular complexity index is 1070. The average molecular weight is 412 g/mol. The van der Waals surface area contributed by atoms with E-state index < -0.39 is 16.0 Å². The molecule has 0 bridgehead atoms. The highest BCUT2D eigenvalue weighted by Crippen LogP contribution is 2.22. The number of benzene rings is 2. The largest absolute Gasteiger partial charge is 0.487 e. The fourth-order valence-electron chi connectivity index (χ4n) is 2.59. The molecule has 3 rings (SSSR count). The summed E-state index contributed by atoms with van der Waals surface area (Å²) in [4.78, 5) is 14.9. The minimum atomic E-state index is -3.78. The zero-order valence-electron chi connectivity index (χ0n) is 15.5. The Morgan fingerprint density at radius 3 is 2.52 bits per heavy atom. The standard InChI is InChI=1S/C21H20N2O5S/c24-21(25)12-9-16-7-10-20(11-8-16)29(26,27)23-17-5-3-6-19(14-17)28-15-18-4-1-2-13-22-18/h1-8,10-11,13-14,23H,9,12,15H2,(H,24,25). The number of carbonyl (C=O) groups is 1. The molecule has 0 saturated heterocycles. The number of sulfonamides is 1. The molecule has 150 valence electrons. The van der Waals surface area contributed by atoms with Crippen LogP contribution in [0.1, 0.15) is 17.7 Å². The number of carboxylic acids is 1. The summed E-state index contributed by atoms with van der Waals surface area (Å²) >= 11 is 0. The third-order valence-electron chi connectivity index (χ3n) is 4.06. The van der Waals surface area contributed by atoms with Crippen molar-refractivity contribution in [2.24, 2.45) is 0 Å². The van der Waals surface area contributed by atoms with E-state index in [-0.39, 0.29) is 17.9 Å². The van der Waals surface area contributed by atoms with Gasteiger partial charge in [-0.1, -0.05) is 24.3 Å². The number of aryl methyl sites for hydroxylation is 1. The average Bonchev–Trinajstić information content (AvgIpc) is 2.72. The molecule has 1 heterocycles. The number of ether oxygens (including phenoxy) is 1. The molecule has 0 aliphatic carbocycles. The van der Waals surface area contributed by atoms with Gasteiger partial charge in [0.2, 0.25) is 0 Å². The zero-order chi connectivity index (χ0) is 20.7. The molecule has 29 heavy (non-hydrogen) atoms. The van der Waals surface area contributed by atoms with Crippen LogP contribution in [-0.4, -0.2) is 24.5 Å². The fraction of sp³-hybridized carbons (Fsp3) is 0.143. The molecule has 3 aromatic rings. The maximum atomic E-state index is 12.6. The van der Waals surface area contributed by atoms with E-state index in [1.54, 1.807) is 42.6 Å². The number of nitrogens with zero attached hydrogens (tertiary/aromatic N) is 1. The van der Waals surface area contributed by atoms with Gasteiger partial charge in [-0.05, 0) is 48.4 Å². The first-order chi connectivity index (χ1) is 13.9. The summed E-state index contributed by atoms with van der Waals surface area (Å²) in [5.41, 5.74) is 1.90. The summed E-state index contributed by atoms with van der Waals surface area (Å²) in [7, 11) is -3.78. The maximum Gasteiger partial charge on any atom is 0.303 e. The van der Waals surface area contributed by atoms with E-state index >= 15 is 0 Å². The summed E-state index contributed by atoms with van der Waals surface area (Å²) < 4.78 is 33.4. The maximum absolute atomic E-state index is 12.6. The second-order valence-corrected chi connectivity index (χ2v) is 7.96. The minimum absolute atomic E-state index is 0.00433. The van der Waals surface area contributed by atoms with Crippen LogP contribution < -0.4 is 9.46 Å². The number of hydrogen-bond acceptors (Lipinski definition) is 5. The molecule has 7 nitrogen and oxygen atoms in total. The van der Waals surface area contributed by atoms with Gasteiger partial charge in [-0.15, -0.1) is 0 Å². The molecular formula is C21H20N2O5S.